The molecule has 134 valence electrons. The normalized spacial score (nSPS) is 31.2. The Bertz CT molecular complexity index is 647. The van der Waals surface area contributed by atoms with Crippen molar-refractivity contribution in [3.05, 3.63) is 48.0 Å². The van der Waals surface area contributed by atoms with E-state index in [2.05, 4.69) is 29.6 Å². The molecule has 1 aromatic rings. The van der Waals surface area contributed by atoms with E-state index in [1.54, 1.807) is 19.3 Å². The van der Waals surface area contributed by atoms with Crippen molar-refractivity contribution in [2.24, 2.45) is 11.8 Å². The number of methoxy groups -OCH3 is 1. The predicted molar refractivity (Wildman–Crippen MR) is 94.2 cm³/mol. The van der Waals surface area contributed by atoms with Crippen molar-refractivity contribution in [1.82, 2.24) is 5.32 Å². The fourth-order valence-electron chi connectivity index (χ4n) is 3.84. The second-order valence-electron chi connectivity index (χ2n) is 7.06. The number of carboxylic acid groups (broad SMARTS) is 1. The number of rotatable bonds is 6. The number of hydrogen-bond acceptors (Lipinski definition) is 3. The highest BCUT2D eigenvalue weighted by molar-refractivity contribution is 5.89. The van der Waals surface area contributed by atoms with E-state index in [4.69, 9.17) is 9.84 Å². The SMILES string of the molecule is COC1(CNC(=O)[C@@H]2C=C[C@@H]2C(=O)O)CCC(c2ccccc2)CC1. The van der Waals surface area contributed by atoms with Crippen LogP contribution in [0.5, 0.6) is 0 Å². The molecule has 1 aromatic carbocycles. The molecule has 3 rings (SSSR count). The van der Waals surface area contributed by atoms with Gasteiger partial charge in [-0.1, -0.05) is 42.5 Å². The van der Waals surface area contributed by atoms with Crippen molar-refractivity contribution in [1.29, 1.82) is 0 Å². The number of hydrogen-bond donors (Lipinski definition) is 2. The largest absolute Gasteiger partial charge is 0.481 e. The van der Waals surface area contributed by atoms with Crippen LogP contribution >= 0.6 is 0 Å². The van der Waals surface area contributed by atoms with Gasteiger partial charge in [0.25, 0.3) is 0 Å². The highest BCUT2D eigenvalue weighted by Crippen LogP contribution is 2.39. The fraction of sp³-hybridized carbons (Fsp3) is 0.500. The molecule has 0 aromatic heterocycles. The molecule has 2 N–H and O–H groups in total. The molecular formula is C20H25NO4. The third-order valence-corrected chi connectivity index (χ3v) is 5.69. The topological polar surface area (TPSA) is 75.6 Å². The molecule has 0 radical (unpaired) electrons. The summed E-state index contributed by atoms with van der Waals surface area (Å²) in [5.41, 5.74) is 1.01. The van der Waals surface area contributed by atoms with Gasteiger partial charge in [-0.3, -0.25) is 9.59 Å². The van der Waals surface area contributed by atoms with Gasteiger partial charge in [0.1, 0.15) is 0 Å². The first-order chi connectivity index (χ1) is 12.0. The van der Waals surface area contributed by atoms with Gasteiger partial charge in [0.05, 0.1) is 17.4 Å². The van der Waals surface area contributed by atoms with Crippen LogP contribution in [0.2, 0.25) is 0 Å². The Morgan fingerprint density at radius 2 is 1.80 bits per heavy atom. The average Bonchev–Trinajstić information content (AvgIpc) is 2.60. The van der Waals surface area contributed by atoms with E-state index < -0.39 is 17.8 Å². The van der Waals surface area contributed by atoms with Crippen LogP contribution < -0.4 is 5.32 Å². The molecular weight excluding hydrogens is 318 g/mol. The third kappa shape index (κ3) is 3.76. The molecule has 2 aliphatic rings. The number of ether oxygens (including phenoxy) is 1. The molecule has 0 spiro atoms. The summed E-state index contributed by atoms with van der Waals surface area (Å²) < 4.78 is 5.77. The zero-order valence-corrected chi connectivity index (χ0v) is 14.5. The smallest absolute Gasteiger partial charge is 0.311 e. The van der Waals surface area contributed by atoms with Gasteiger partial charge in [0.15, 0.2) is 0 Å². The van der Waals surface area contributed by atoms with Gasteiger partial charge in [0, 0.05) is 13.7 Å². The molecule has 5 heteroatoms. The average molecular weight is 343 g/mol. The van der Waals surface area contributed by atoms with Crippen LogP contribution in [0.25, 0.3) is 0 Å². The Labute approximate surface area is 148 Å². The Morgan fingerprint density at radius 3 is 2.32 bits per heavy atom. The van der Waals surface area contributed by atoms with Gasteiger partial charge in [-0.2, -0.15) is 0 Å². The van der Waals surface area contributed by atoms with Crippen molar-refractivity contribution < 1.29 is 19.4 Å². The van der Waals surface area contributed by atoms with E-state index in [0.717, 1.165) is 25.7 Å². The quantitative estimate of drug-likeness (QED) is 0.779. The first kappa shape index (κ1) is 17.7. The zero-order chi connectivity index (χ0) is 17.9. The number of aliphatic carboxylic acids is 1. The lowest BCUT2D eigenvalue weighted by Gasteiger charge is -2.40. The standard InChI is InChI=1S/C20H25NO4/c1-25-20(13-21-18(22)16-7-8-17(16)19(23)24)11-9-15(10-12-20)14-5-3-2-4-6-14/h2-8,15-17H,9-13H2,1H3,(H,21,22)(H,23,24)/t15?,16-,17+,20?/m1/s1. The van der Waals surface area contributed by atoms with Gasteiger partial charge >= 0.3 is 5.97 Å². The van der Waals surface area contributed by atoms with Crippen LogP contribution in [-0.4, -0.2) is 36.2 Å². The molecule has 2 atom stereocenters. The lowest BCUT2D eigenvalue weighted by molar-refractivity contribution is -0.145. The Balaban J connectivity index is 1.54. The summed E-state index contributed by atoms with van der Waals surface area (Å²) in [5.74, 6) is -1.91. The van der Waals surface area contributed by atoms with Crippen molar-refractivity contribution in [3.8, 4) is 0 Å². The van der Waals surface area contributed by atoms with Crippen molar-refractivity contribution in [3.63, 3.8) is 0 Å². The summed E-state index contributed by atoms with van der Waals surface area (Å²) in [4.78, 5) is 23.3. The van der Waals surface area contributed by atoms with Gasteiger partial charge in [-0.05, 0) is 37.2 Å². The number of carbonyl (C=O) groups is 2. The highest BCUT2D eigenvalue weighted by atomic mass is 16.5. The van der Waals surface area contributed by atoms with Crippen LogP contribution in [0, 0.1) is 11.8 Å². The lowest BCUT2D eigenvalue weighted by Crippen LogP contribution is -2.49. The summed E-state index contributed by atoms with van der Waals surface area (Å²) in [7, 11) is 1.69. The molecule has 0 bridgehead atoms. The maximum Gasteiger partial charge on any atom is 0.311 e. The van der Waals surface area contributed by atoms with E-state index in [-0.39, 0.29) is 11.5 Å². The van der Waals surface area contributed by atoms with E-state index in [1.165, 1.54) is 5.56 Å². The number of amides is 1. The number of nitrogens with one attached hydrogen (secondary N) is 1. The first-order valence-electron chi connectivity index (χ1n) is 8.83. The van der Waals surface area contributed by atoms with Gasteiger partial charge in [-0.15, -0.1) is 0 Å². The Morgan fingerprint density at radius 1 is 1.16 bits per heavy atom. The molecule has 1 saturated carbocycles. The maximum absolute atomic E-state index is 12.2. The summed E-state index contributed by atoms with van der Waals surface area (Å²) in [6, 6.07) is 10.5. The van der Waals surface area contributed by atoms with E-state index in [1.807, 2.05) is 6.07 Å². The summed E-state index contributed by atoms with van der Waals surface area (Å²) in [6.07, 6.45) is 7.02. The molecule has 0 aliphatic heterocycles. The van der Waals surface area contributed by atoms with Gasteiger partial charge in [0.2, 0.25) is 5.91 Å². The predicted octanol–water partition coefficient (Wildman–Crippen LogP) is 2.73. The molecule has 1 fully saturated rings. The van der Waals surface area contributed by atoms with E-state index in [0.29, 0.717) is 12.5 Å². The molecule has 0 heterocycles. The van der Waals surface area contributed by atoms with Gasteiger partial charge in [-0.25, -0.2) is 0 Å². The molecule has 1 amide bonds. The Kier molecular flexibility index (Phi) is 5.23. The van der Waals surface area contributed by atoms with Crippen molar-refractivity contribution in [2.45, 2.75) is 37.2 Å². The van der Waals surface area contributed by atoms with Crippen LogP contribution in [0.15, 0.2) is 42.5 Å². The van der Waals surface area contributed by atoms with Crippen molar-refractivity contribution >= 4 is 11.9 Å². The van der Waals surface area contributed by atoms with Crippen LogP contribution in [0.1, 0.15) is 37.2 Å². The monoisotopic (exact) mass is 343 g/mol. The first-order valence-corrected chi connectivity index (χ1v) is 8.83. The summed E-state index contributed by atoms with van der Waals surface area (Å²) >= 11 is 0. The zero-order valence-electron chi connectivity index (χ0n) is 14.5. The number of carboxylic acids is 1. The van der Waals surface area contributed by atoms with Crippen LogP contribution in [0.4, 0.5) is 0 Å². The second-order valence-corrected chi connectivity index (χ2v) is 7.06. The van der Waals surface area contributed by atoms with Crippen LogP contribution in [-0.2, 0) is 14.3 Å². The molecule has 2 aliphatic carbocycles. The van der Waals surface area contributed by atoms with Crippen LogP contribution in [0.3, 0.4) is 0 Å². The van der Waals surface area contributed by atoms with E-state index >= 15 is 0 Å². The minimum Gasteiger partial charge on any atom is -0.481 e. The van der Waals surface area contributed by atoms with E-state index in [9.17, 15) is 9.59 Å². The minimum absolute atomic E-state index is 0.225. The molecule has 25 heavy (non-hydrogen) atoms. The van der Waals surface area contributed by atoms with Gasteiger partial charge < -0.3 is 15.2 Å². The molecule has 0 saturated heterocycles. The second kappa shape index (κ2) is 7.40. The number of benzene rings is 1. The fourth-order valence-corrected chi connectivity index (χ4v) is 3.84. The third-order valence-electron chi connectivity index (χ3n) is 5.69. The lowest BCUT2D eigenvalue weighted by atomic mass is 9.75. The molecule has 5 nitrogen and oxygen atoms in total. The Hall–Kier alpha value is -2.14. The molecule has 0 unspecified atom stereocenters. The minimum atomic E-state index is -0.951. The van der Waals surface area contributed by atoms with Crippen molar-refractivity contribution in [2.75, 3.05) is 13.7 Å². The highest BCUT2D eigenvalue weighted by Gasteiger charge is 2.39. The maximum atomic E-state index is 12.2. The number of carbonyl (C=O) groups excluding carboxylic acids is 1. The summed E-state index contributed by atoms with van der Waals surface area (Å²) in [6.45, 7) is 0.431. The summed E-state index contributed by atoms with van der Waals surface area (Å²) in [5, 5.41) is 12.0.